The molecular weight excluding hydrogens is 370 g/mol. The number of aromatic nitrogens is 1. The van der Waals surface area contributed by atoms with Gasteiger partial charge in [-0.15, -0.1) is 0 Å². The summed E-state index contributed by atoms with van der Waals surface area (Å²) in [5, 5.41) is -0.153. The molecule has 2 rings (SSSR count). The topological polar surface area (TPSA) is 48.3 Å². The fourth-order valence-corrected chi connectivity index (χ4v) is 2.64. The molecule has 2 aromatic rings. The molecule has 0 aliphatic rings. The van der Waals surface area contributed by atoms with Gasteiger partial charge in [0.2, 0.25) is 0 Å². The number of ether oxygens (including phenoxy) is 1. The summed E-state index contributed by atoms with van der Waals surface area (Å²) in [7, 11) is 0. The van der Waals surface area contributed by atoms with E-state index in [1.807, 2.05) is 0 Å². The van der Waals surface area contributed by atoms with Crippen LogP contribution in [0.4, 0.5) is 13.2 Å². The van der Waals surface area contributed by atoms with Crippen LogP contribution in [0.15, 0.2) is 35.3 Å². The average molecular weight is 380 g/mol. The molecule has 0 fully saturated rings. The molecule has 0 spiro atoms. The third kappa shape index (κ3) is 3.73. The molecule has 9 heteroatoms. The maximum atomic E-state index is 12.6. The number of alkyl halides is 3. The van der Waals surface area contributed by atoms with Gasteiger partial charge in [0.15, 0.2) is 0 Å². The zero-order valence-corrected chi connectivity index (χ0v) is 13.7. The predicted molar refractivity (Wildman–Crippen MR) is 83.0 cm³/mol. The number of rotatable bonds is 3. The largest absolute Gasteiger partial charge is 0.462 e. The average Bonchev–Trinajstić information content (AvgIpc) is 2.47. The standard InChI is InChI=1S/C15H10Cl2F3NO3/c1-2-24-14(23)8-5-10(16)13(11(17)6-8)21-4-3-9(7-12(21)22)15(18,19)20/h3-7H,2H2,1H3. The van der Waals surface area contributed by atoms with Crippen LogP contribution in [0.2, 0.25) is 10.0 Å². The first kappa shape index (κ1) is 18.4. The fraction of sp³-hybridized carbons (Fsp3) is 0.200. The summed E-state index contributed by atoms with van der Waals surface area (Å²) in [5.41, 5.74) is -2.00. The minimum absolute atomic E-state index is 0.0230. The molecule has 0 bridgehead atoms. The summed E-state index contributed by atoms with van der Waals surface area (Å²) < 4.78 is 43.6. The van der Waals surface area contributed by atoms with Crippen molar-refractivity contribution in [1.29, 1.82) is 0 Å². The third-order valence-corrected chi connectivity index (χ3v) is 3.59. The lowest BCUT2D eigenvalue weighted by molar-refractivity contribution is -0.137. The number of nitrogens with zero attached hydrogens (tertiary/aromatic N) is 1. The van der Waals surface area contributed by atoms with Gasteiger partial charge >= 0.3 is 12.1 Å². The van der Waals surface area contributed by atoms with Crippen molar-refractivity contribution in [3.05, 3.63) is 62.0 Å². The SMILES string of the molecule is CCOC(=O)c1cc(Cl)c(-n2ccc(C(F)(F)F)cc2=O)c(Cl)c1. The van der Waals surface area contributed by atoms with Crippen molar-refractivity contribution in [3.8, 4) is 5.69 Å². The lowest BCUT2D eigenvalue weighted by Gasteiger charge is -2.13. The summed E-state index contributed by atoms with van der Waals surface area (Å²) in [6.45, 7) is 1.77. The molecule has 0 saturated carbocycles. The molecule has 1 aromatic heterocycles. The van der Waals surface area contributed by atoms with Crippen LogP contribution < -0.4 is 5.56 Å². The van der Waals surface area contributed by atoms with E-state index in [9.17, 15) is 22.8 Å². The van der Waals surface area contributed by atoms with Gasteiger partial charge in [-0.1, -0.05) is 23.2 Å². The van der Waals surface area contributed by atoms with Crippen LogP contribution in [-0.2, 0) is 10.9 Å². The molecule has 1 heterocycles. The van der Waals surface area contributed by atoms with Crippen molar-refractivity contribution < 1.29 is 22.7 Å². The summed E-state index contributed by atoms with van der Waals surface area (Å²) in [5.74, 6) is -0.660. The molecule has 1 aromatic carbocycles. The van der Waals surface area contributed by atoms with Crippen LogP contribution in [0, 0.1) is 0 Å². The number of esters is 1. The number of hydrogen-bond acceptors (Lipinski definition) is 3. The van der Waals surface area contributed by atoms with Crippen LogP contribution >= 0.6 is 23.2 Å². The van der Waals surface area contributed by atoms with E-state index in [2.05, 4.69) is 0 Å². The zero-order chi connectivity index (χ0) is 18.1. The number of carbonyl (C=O) groups is 1. The van der Waals surface area contributed by atoms with Gasteiger partial charge in [-0.3, -0.25) is 9.36 Å². The third-order valence-electron chi connectivity index (χ3n) is 3.02. The van der Waals surface area contributed by atoms with E-state index in [-0.39, 0.29) is 27.9 Å². The quantitative estimate of drug-likeness (QED) is 0.745. The molecule has 4 nitrogen and oxygen atoms in total. The molecular formula is C15H10Cl2F3NO3. The highest BCUT2D eigenvalue weighted by molar-refractivity contribution is 6.38. The molecule has 24 heavy (non-hydrogen) atoms. The molecule has 0 aliphatic heterocycles. The Labute approximate surface area is 144 Å². The van der Waals surface area contributed by atoms with Gasteiger partial charge in [-0.25, -0.2) is 4.79 Å². The maximum Gasteiger partial charge on any atom is 0.416 e. The van der Waals surface area contributed by atoms with Crippen LogP contribution in [0.1, 0.15) is 22.8 Å². The minimum Gasteiger partial charge on any atom is -0.462 e. The van der Waals surface area contributed by atoms with Gasteiger partial charge in [0.05, 0.1) is 33.5 Å². The molecule has 0 atom stereocenters. The molecule has 0 N–H and O–H groups in total. The monoisotopic (exact) mass is 379 g/mol. The second kappa shape index (κ2) is 6.86. The van der Waals surface area contributed by atoms with Gasteiger partial charge in [-0.05, 0) is 25.1 Å². The summed E-state index contributed by atoms with van der Waals surface area (Å²) >= 11 is 12.1. The van der Waals surface area contributed by atoms with E-state index in [4.69, 9.17) is 27.9 Å². The van der Waals surface area contributed by atoms with Crippen molar-refractivity contribution in [1.82, 2.24) is 4.57 Å². The molecule has 0 saturated heterocycles. The highest BCUT2D eigenvalue weighted by atomic mass is 35.5. The van der Waals surface area contributed by atoms with E-state index in [1.54, 1.807) is 6.92 Å². The lowest BCUT2D eigenvalue weighted by atomic mass is 10.2. The van der Waals surface area contributed by atoms with Gasteiger partial charge < -0.3 is 4.74 Å². The van der Waals surface area contributed by atoms with Crippen LogP contribution in [0.25, 0.3) is 5.69 Å². The molecule has 0 radical (unpaired) electrons. The van der Waals surface area contributed by atoms with E-state index in [0.717, 1.165) is 16.8 Å². The first-order chi connectivity index (χ1) is 11.1. The Morgan fingerprint density at radius 2 is 1.79 bits per heavy atom. The lowest BCUT2D eigenvalue weighted by Crippen LogP contribution is -2.21. The Morgan fingerprint density at radius 3 is 2.25 bits per heavy atom. The fourth-order valence-electron chi connectivity index (χ4n) is 1.97. The second-order valence-electron chi connectivity index (χ2n) is 4.63. The first-order valence-corrected chi connectivity index (χ1v) is 7.37. The molecule has 0 amide bonds. The normalized spacial score (nSPS) is 11.4. The van der Waals surface area contributed by atoms with E-state index >= 15 is 0 Å². The molecule has 128 valence electrons. The number of pyridine rings is 1. The van der Waals surface area contributed by atoms with Crippen LogP contribution in [0.5, 0.6) is 0 Å². The van der Waals surface area contributed by atoms with Gasteiger partial charge in [0.25, 0.3) is 5.56 Å². The Hall–Kier alpha value is -1.99. The number of carbonyl (C=O) groups excluding carboxylic acids is 1. The van der Waals surface area contributed by atoms with Crippen molar-refractivity contribution >= 4 is 29.2 Å². The smallest absolute Gasteiger partial charge is 0.416 e. The van der Waals surface area contributed by atoms with Gasteiger partial charge in [0, 0.05) is 12.3 Å². The van der Waals surface area contributed by atoms with Crippen molar-refractivity contribution in [2.45, 2.75) is 13.1 Å². The Kier molecular flexibility index (Phi) is 5.25. The summed E-state index contributed by atoms with van der Waals surface area (Å²) in [6, 6.07) is 3.62. The molecule has 0 aliphatic carbocycles. The number of halogens is 5. The van der Waals surface area contributed by atoms with Crippen LogP contribution in [-0.4, -0.2) is 17.1 Å². The Balaban J connectivity index is 2.54. The summed E-state index contributed by atoms with van der Waals surface area (Å²) in [6.07, 6.45) is -3.72. The predicted octanol–water partition coefficient (Wildman–Crippen LogP) is 4.34. The Bertz CT molecular complexity index is 824. The van der Waals surface area contributed by atoms with Crippen molar-refractivity contribution in [2.75, 3.05) is 6.61 Å². The number of hydrogen-bond donors (Lipinski definition) is 0. The highest BCUT2D eigenvalue weighted by Crippen LogP contribution is 2.31. The highest BCUT2D eigenvalue weighted by Gasteiger charge is 2.31. The summed E-state index contributed by atoms with van der Waals surface area (Å²) in [4.78, 5) is 23.7. The molecule has 0 unspecified atom stereocenters. The second-order valence-corrected chi connectivity index (χ2v) is 5.44. The van der Waals surface area contributed by atoms with E-state index in [0.29, 0.717) is 6.07 Å². The Morgan fingerprint density at radius 1 is 1.21 bits per heavy atom. The maximum absolute atomic E-state index is 12.6. The number of benzene rings is 1. The van der Waals surface area contributed by atoms with Crippen molar-refractivity contribution in [2.24, 2.45) is 0 Å². The van der Waals surface area contributed by atoms with Crippen molar-refractivity contribution in [3.63, 3.8) is 0 Å². The van der Waals surface area contributed by atoms with E-state index in [1.165, 1.54) is 12.1 Å². The van der Waals surface area contributed by atoms with Crippen LogP contribution in [0.3, 0.4) is 0 Å². The zero-order valence-electron chi connectivity index (χ0n) is 12.2. The van der Waals surface area contributed by atoms with Gasteiger partial charge in [-0.2, -0.15) is 13.2 Å². The van der Waals surface area contributed by atoms with Gasteiger partial charge in [0.1, 0.15) is 0 Å². The minimum atomic E-state index is -4.64. The van der Waals surface area contributed by atoms with E-state index < -0.39 is 23.3 Å². The first-order valence-electron chi connectivity index (χ1n) is 6.61.